The first-order valence-corrected chi connectivity index (χ1v) is 7.39. The summed E-state index contributed by atoms with van der Waals surface area (Å²) in [5, 5.41) is 11.7. The summed E-state index contributed by atoms with van der Waals surface area (Å²) in [5.74, 6) is -1.28. The van der Waals surface area contributed by atoms with Crippen molar-refractivity contribution >= 4 is 5.97 Å². The Hall–Kier alpha value is -1.39. The van der Waals surface area contributed by atoms with Crippen molar-refractivity contribution in [2.24, 2.45) is 0 Å². The van der Waals surface area contributed by atoms with Gasteiger partial charge in [-0.1, -0.05) is 36.8 Å². The van der Waals surface area contributed by atoms with Crippen LogP contribution in [0.2, 0.25) is 0 Å². The summed E-state index contributed by atoms with van der Waals surface area (Å²) in [6, 6.07) is 10.4. The predicted molar refractivity (Wildman–Crippen MR) is 79.4 cm³/mol. The molecule has 1 fully saturated rings. The monoisotopic (exact) mass is 276 g/mol. The van der Waals surface area contributed by atoms with E-state index in [0.717, 1.165) is 5.56 Å². The lowest BCUT2D eigenvalue weighted by atomic mass is 9.98. The minimum absolute atomic E-state index is 0.439. The predicted octanol–water partition coefficient (Wildman–Crippen LogP) is 2.62. The van der Waals surface area contributed by atoms with Crippen molar-refractivity contribution in [3.05, 3.63) is 35.9 Å². The van der Waals surface area contributed by atoms with Crippen LogP contribution in [-0.2, 0) is 4.79 Å². The Morgan fingerprint density at radius 1 is 1.30 bits per heavy atom. The highest BCUT2D eigenvalue weighted by Crippen LogP contribution is 2.21. The van der Waals surface area contributed by atoms with Crippen LogP contribution in [0.5, 0.6) is 0 Å². The van der Waals surface area contributed by atoms with Crippen molar-refractivity contribution < 1.29 is 9.90 Å². The number of piperidine rings is 1. The van der Waals surface area contributed by atoms with Crippen LogP contribution < -0.4 is 5.43 Å². The second-order valence-electron chi connectivity index (χ2n) is 5.70. The van der Waals surface area contributed by atoms with Gasteiger partial charge in [-0.05, 0) is 32.3 Å². The molecule has 4 heteroatoms. The smallest absolute Gasteiger partial charge is 0.312 e. The van der Waals surface area contributed by atoms with Gasteiger partial charge in [0, 0.05) is 18.6 Å². The van der Waals surface area contributed by atoms with Crippen molar-refractivity contribution in [2.75, 3.05) is 6.54 Å². The molecule has 0 radical (unpaired) electrons. The molecule has 0 aliphatic carbocycles. The van der Waals surface area contributed by atoms with Crippen LogP contribution in [0.15, 0.2) is 30.3 Å². The van der Waals surface area contributed by atoms with Crippen LogP contribution in [0.1, 0.15) is 44.6 Å². The Morgan fingerprint density at radius 2 is 1.90 bits per heavy atom. The fourth-order valence-corrected chi connectivity index (χ4v) is 2.96. The van der Waals surface area contributed by atoms with Crippen molar-refractivity contribution in [3.63, 3.8) is 0 Å². The molecule has 1 heterocycles. The van der Waals surface area contributed by atoms with Crippen LogP contribution in [0.4, 0.5) is 0 Å². The van der Waals surface area contributed by atoms with Gasteiger partial charge in [0.2, 0.25) is 0 Å². The topological polar surface area (TPSA) is 52.6 Å². The van der Waals surface area contributed by atoms with Gasteiger partial charge in [0.25, 0.3) is 0 Å². The summed E-state index contributed by atoms with van der Waals surface area (Å²) in [5.41, 5.74) is 4.21. The van der Waals surface area contributed by atoms with Crippen molar-refractivity contribution in [3.8, 4) is 0 Å². The Bertz CT molecular complexity index is 425. The van der Waals surface area contributed by atoms with E-state index in [0.29, 0.717) is 18.6 Å². The Balaban J connectivity index is 2.01. The van der Waals surface area contributed by atoms with Crippen LogP contribution in [0.25, 0.3) is 0 Å². The molecule has 0 amide bonds. The molecular formula is C16H24N2O2. The number of carboxylic acid groups (broad SMARTS) is 1. The fraction of sp³-hybridized carbons (Fsp3) is 0.562. The SMILES string of the molecule is CC1CCCC(C)N1NCC(C(=O)O)c1ccccc1. The number of benzene rings is 1. The average molecular weight is 276 g/mol. The largest absolute Gasteiger partial charge is 0.481 e. The molecule has 2 rings (SSSR count). The normalized spacial score (nSPS) is 25.3. The van der Waals surface area contributed by atoms with Crippen LogP contribution in [0.3, 0.4) is 0 Å². The fourth-order valence-electron chi connectivity index (χ4n) is 2.96. The van der Waals surface area contributed by atoms with Crippen LogP contribution in [0, 0.1) is 0 Å². The number of carbonyl (C=O) groups is 1. The highest BCUT2D eigenvalue weighted by atomic mass is 16.4. The molecule has 0 spiro atoms. The molecule has 1 saturated heterocycles. The van der Waals surface area contributed by atoms with E-state index < -0.39 is 11.9 Å². The van der Waals surface area contributed by atoms with Gasteiger partial charge in [-0.2, -0.15) is 0 Å². The molecule has 2 N–H and O–H groups in total. The first-order valence-electron chi connectivity index (χ1n) is 7.39. The number of hydrogen-bond acceptors (Lipinski definition) is 3. The van der Waals surface area contributed by atoms with Gasteiger partial charge in [0.05, 0.1) is 5.92 Å². The highest BCUT2D eigenvalue weighted by Gasteiger charge is 2.27. The molecule has 1 aromatic rings. The molecule has 1 aliphatic heterocycles. The number of nitrogens with zero attached hydrogens (tertiary/aromatic N) is 1. The quantitative estimate of drug-likeness (QED) is 0.868. The molecule has 0 bridgehead atoms. The lowest BCUT2D eigenvalue weighted by Gasteiger charge is -2.39. The number of rotatable bonds is 5. The van der Waals surface area contributed by atoms with Gasteiger partial charge in [0.1, 0.15) is 0 Å². The summed E-state index contributed by atoms with van der Waals surface area (Å²) in [7, 11) is 0. The standard InChI is InChI=1S/C16H24N2O2/c1-12-7-6-8-13(2)18(12)17-11-15(16(19)20)14-9-4-3-5-10-14/h3-5,9-10,12-13,15,17H,6-8,11H2,1-2H3,(H,19,20). The maximum atomic E-state index is 11.5. The third-order valence-corrected chi connectivity index (χ3v) is 4.17. The molecule has 0 saturated carbocycles. The Morgan fingerprint density at radius 3 is 2.45 bits per heavy atom. The van der Waals surface area contributed by atoms with E-state index in [4.69, 9.17) is 0 Å². The first-order chi connectivity index (χ1) is 9.59. The van der Waals surface area contributed by atoms with Crippen LogP contribution in [-0.4, -0.2) is 34.7 Å². The van der Waals surface area contributed by atoms with E-state index in [9.17, 15) is 9.90 Å². The van der Waals surface area contributed by atoms with Gasteiger partial charge >= 0.3 is 5.97 Å². The van der Waals surface area contributed by atoms with Gasteiger partial charge in [-0.15, -0.1) is 0 Å². The van der Waals surface area contributed by atoms with Crippen molar-refractivity contribution in [2.45, 2.75) is 51.1 Å². The van der Waals surface area contributed by atoms with E-state index in [2.05, 4.69) is 24.3 Å². The number of hydrazine groups is 1. The molecule has 0 aromatic heterocycles. The zero-order valence-electron chi connectivity index (χ0n) is 12.2. The molecule has 20 heavy (non-hydrogen) atoms. The third kappa shape index (κ3) is 3.58. The highest BCUT2D eigenvalue weighted by molar-refractivity contribution is 5.76. The van der Waals surface area contributed by atoms with Gasteiger partial charge in [0.15, 0.2) is 0 Å². The molecule has 3 atom stereocenters. The summed E-state index contributed by atoms with van der Waals surface area (Å²) in [6.07, 6.45) is 3.59. The van der Waals surface area contributed by atoms with Crippen molar-refractivity contribution in [1.29, 1.82) is 0 Å². The summed E-state index contributed by atoms with van der Waals surface area (Å²) < 4.78 is 0. The lowest BCUT2D eigenvalue weighted by Crippen LogP contribution is -2.53. The third-order valence-electron chi connectivity index (χ3n) is 4.17. The van der Waals surface area contributed by atoms with E-state index in [-0.39, 0.29) is 0 Å². The molecular weight excluding hydrogens is 252 g/mol. The van der Waals surface area contributed by atoms with Crippen molar-refractivity contribution in [1.82, 2.24) is 10.4 Å². The number of nitrogens with one attached hydrogen (secondary N) is 1. The van der Waals surface area contributed by atoms with Gasteiger partial charge in [-0.25, -0.2) is 5.01 Å². The maximum Gasteiger partial charge on any atom is 0.312 e. The average Bonchev–Trinajstić information content (AvgIpc) is 2.43. The Labute approximate surface area is 120 Å². The maximum absolute atomic E-state index is 11.5. The second kappa shape index (κ2) is 6.86. The zero-order chi connectivity index (χ0) is 14.5. The lowest BCUT2D eigenvalue weighted by molar-refractivity contribution is -0.139. The minimum Gasteiger partial charge on any atom is -0.481 e. The molecule has 1 aromatic carbocycles. The molecule has 110 valence electrons. The zero-order valence-corrected chi connectivity index (χ0v) is 12.2. The second-order valence-corrected chi connectivity index (χ2v) is 5.70. The molecule has 4 nitrogen and oxygen atoms in total. The molecule has 3 unspecified atom stereocenters. The van der Waals surface area contributed by atoms with E-state index in [1.54, 1.807) is 0 Å². The van der Waals surface area contributed by atoms with Crippen LogP contribution >= 0.6 is 0 Å². The van der Waals surface area contributed by atoms with E-state index >= 15 is 0 Å². The summed E-state index contributed by atoms with van der Waals surface area (Å²) in [6.45, 7) is 4.83. The van der Waals surface area contributed by atoms with Gasteiger partial charge in [-0.3, -0.25) is 10.2 Å². The van der Waals surface area contributed by atoms with E-state index in [1.165, 1.54) is 19.3 Å². The summed E-state index contributed by atoms with van der Waals surface area (Å²) in [4.78, 5) is 11.5. The van der Waals surface area contributed by atoms with E-state index in [1.807, 2.05) is 30.3 Å². The molecule has 1 aliphatic rings. The first kappa shape index (κ1) is 15.0. The number of aliphatic carboxylic acids is 1. The number of carboxylic acids is 1. The van der Waals surface area contributed by atoms with Gasteiger partial charge < -0.3 is 5.11 Å². The summed E-state index contributed by atoms with van der Waals surface area (Å²) >= 11 is 0. The Kier molecular flexibility index (Phi) is 5.15. The number of hydrogen-bond donors (Lipinski definition) is 2. The minimum atomic E-state index is -0.777.